The normalized spacial score (nSPS) is 30.3. The number of benzene rings is 1. The second-order valence-electron chi connectivity index (χ2n) is 5.32. The van der Waals surface area contributed by atoms with Gasteiger partial charge in [0, 0.05) is 23.0 Å². The van der Waals surface area contributed by atoms with E-state index in [1.165, 1.54) is 11.1 Å². The fraction of sp³-hybridized carbons (Fsp3) is 0.571. The first-order chi connectivity index (χ1) is 8.58. The van der Waals surface area contributed by atoms with Crippen LogP contribution in [0.3, 0.4) is 0 Å². The van der Waals surface area contributed by atoms with Gasteiger partial charge < -0.3 is 15.2 Å². The van der Waals surface area contributed by atoms with Gasteiger partial charge in [-0.3, -0.25) is 0 Å². The van der Waals surface area contributed by atoms with E-state index in [1.54, 1.807) is 0 Å². The highest BCUT2D eigenvalue weighted by Gasteiger charge is 2.38. The molecule has 3 nitrogen and oxygen atoms in total. The molecule has 0 aromatic heterocycles. The third-order valence-electron chi connectivity index (χ3n) is 4.09. The lowest BCUT2D eigenvalue weighted by Crippen LogP contribution is -2.48. The standard InChI is InChI=1S/C14H18BrNO2/c1-9-14(16,3-5-17-9)8-11-7-12(15)6-10-2-4-18-13(10)11/h6-7,9H,2-5,8,16H2,1H3. The molecule has 98 valence electrons. The van der Waals surface area contributed by atoms with Crippen molar-refractivity contribution >= 4 is 15.9 Å². The van der Waals surface area contributed by atoms with Crippen molar-refractivity contribution in [1.29, 1.82) is 0 Å². The molecule has 2 aliphatic heterocycles. The molecule has 4 heteroatoms. The number of fused-ring (bicyclic) bond motifs is 1. The van der Waals surface area contributed by atoms with Gasteiger partial charge in [0.25, 0.3) is 0 Å². The van der Waals surface area contributed by atoms with Gasteiger partial charge >= 0.3 is 0 Å². The lowest BCUT2D eigenvalue weighted by atomic mass is 9.85. The average Bonchev–Trinajstić information content (AvgIpc) is 2.87. The molecule has 2 N–H and O–H groups in total. The van der Waals surface area contributed by atoms with Crippen molar-refractivity contribution in [2.24, 2.45) is 5.73 Å². The monoisotopic (exact) mass is 311 g/mol. The van der Waals surface area contributed by atoms with E-state index in [4.69, 9.17) is 15.2 Å². The Labute approximate surface area is 116 Å². The van der Waals surface area contributed by atoms with Crippen LogP contribution in [-0.2, 0) is 17.6 Å². The van der Waals surface area contributed by atoms with Crippen LogP contribution in [0.1, 0.15) is 24.5 Å². The van der Waals surface area contributed by atoms with Crippen LogP contribution < -0.4 is 10.5 Å². The second-order valence-corrected chi connectivity index (χ2v) is 6.24. The Morgan fingerprint density at radius 1 is 1.44 bits per heavy atom. The van der Waals surface area contributed by atoms with Crippen molar-refractivity contribution in [3.8, 4) is 5.75 Å². The Bertz CT molecular complexity index is 477. The van der Waals surface area contributed by atoms with E-state index in [1.807, 2.05) is 0 Å². The molecule has 0 aliphatic carbocycles. The molecular formula is C14H18BrNO2. The van der Waals surface area contributed by atoms with Crippen LogP contribution in [0.15, 0.2) is 16.6 Å². The Morgan fingerprint density at radius 2 is 2.28 bits per heavy atom. The molecule has 1 aromatic carbocycles. The van der Waals surface area contributed by atoms with Crippen molar-refractivity contribution < 1.29 is 9.47 Å². The highest BCUT2D eigenvalue weighted by atomic mass is 79.9. The maximum atomic E-state index is 6.48. The molecule has 3 rings (SSSR count). The van der Waals surface area contributed by atoms with Crippen LogP contribution in [0.25, 0.3) is 0 Å². The summed E-state index contributed by atoms with van der Waals surface area (Å²) in [7, 11) is 0. The summed E-state index contributed by atoms with van der Waals surface area (Å²) in [5, 5.41) is 0. The minimum atomic E-state index is -0.263. The summed E-state index contributed by atoms with van der Waals surface area (Å²) in [6.07, 6.45) is 2.82. The highest BCUT2D eigenvalue weighted by Crippen LogP contribution is 2.37. The highest BCUT2D eigenvalue weighted by molar-refractivity contribution is 9.10. The molecule has 0 radical (unpaired) electrons. The molecule has 2 atom stereocenters. The summed E-state index contributed by atoms with van der Waals surface area (Å²) in [5.41, 5.74) is 8.71. The smallest absolute Gasteiger partial charge is 0.125 e. The lowest BCUT2D eigenvalue weighted by Gasteiger charge is -2.28. The molecule has 2 aliphatic rings. The molecule has 18 heavy (non-hydrogen) atoms. The third-order valence-corrected chi connectivity index (χ3v) is 4.55. The first-order valence-corrected chi connectivity index (χ1v) is 7.22. The fourth-order valence-corrected chi connectivity index (χ4v) is 3.41. The molecule has 1 saturated heterocycles. The summed E-state index contributed by atoms with van der Waals surface area (Å²) in [6, 6.07) is 4.27. The minimum Gasteiger partial charge on any atom is -0.493 e. The fourth-order valence-electron chi connectivity index (χ4n) is 2.86. The van der Waals surface area contributed by atoms with Crippen molar-refractivity contribution in [2.45, 2.75) is 37.8 Å². The van der Waals surface area contributed by atoms with Crippen molar-refractivity contribution in [1.82, 2.24) is 0 Å². The zero-order valence-electron chi connectivity index (χ0n) is 10.5. The van der Waals surface area contributed by atoms with Crippen molar-refractivity contribution in [3.63, 3.8) is 0 Å². The summed E-state index contributed by atoms with van der Waals surface area (Å²) in [6.45, 7) is 3.60. The van der Waals surface area contributed by atoms with E-state index in [9.17, 15) is 0 Å². The number of hydrogen-bond donors (Lipinski definition) is 1. The summed E-state index contributed by atoms with van der Waals surface area (Å²) in [5.74, 6) is 1.04. The Morgan fingerprint density at radius 3 is 3.00 bits per heavy atom. The van der Waals surface area contributed by atoms with Crippen LogP contribution in [0, 0.1) is 0 Å². The molecule has 0 amide bonds. The zero-order valence-corrected chi connectivity index (χ0v) is 12.1. The third kappa shape index (κ3) is 2.06. The van der Waals surface area contributed by atoms with Crippen molar-refractivity contribution in [3.05, 3.63) is 27.7 Å². The number of halogens is 1. The quantitative estimate of drug-likeness (QED) is 0.912. The maximum absolute atomic E-state index is 6.48. The Balaban J connectivity index is 1.93. The molecular weight excluding hydrogens is 294 g/mol. The van der Waals surface area contributed by atoms with Gasteiger partial charge in [0.1, 0.15) is 5.75 Å². The van der Waals surface area contributed by atoms with Crippen LogP contribution >= 0.6 is 15.9 Å². The molecule has 2 heterocycles. The van der Waals surface area contributed by atoms with Crippen LogP contribution in [-0.4, -0.2) is 24.9 Å². The Hall–Kier alpha value is -0.580. The van der Waals surface area contributed by atoms with Gasteiger partial charge in [-0.1, -0.05) is 15.9 Å². The van der Waals surface area contributed by atoms with Crippen LogP contribution in [0.2, 0.25) is 0 Å². The topological polar surface area (TPSA) is 44.5 Å². The van der Waals surface area contributed by atoms with Gasteiger partial charge in [0.15, 0.2) is 0 Å². The number of ether oxygens (including phenoxy) is 2. The molecule has 1 aromatic rings. The van der Waals surface area contributed by atoms with E-state index in [-0.39, 0.29) is 11.6 Å². The van der Waals surface area contributed by atoms with Crippen molar-refractivity contribution in [2.75, 3.05) is 13.2 Å². The van der Waals surface area contributed by atoms with Gasteiger partial charge in [-0.05, 0) is 43.0 Å². The summed E-state index contributed by atoms with van der Waals surface area (Å²) in [4.78, 5) is 0. The first-order valence-electron chi connectivity index (χ1n) is 6.43. The van der Waals surface area contributed by atoms with E-state index >= 15 is 0 Å². The molecule has 0 saturated carbocycles. The predicted molar refractivity (Wildman–Crippen MR) is 74.0 cm³/mol. The Kier molecular flexibility index (Phi) is 3.12. The van der Waals surface area contributed by atoms with E-state index in [0.717, 1.165) is 42.7 Å². The number of hydrogen-bond acceptors (Lipinski definition) is 3. The van der Waals surface area contributed by atoms with Crippen LogP contribution in [0.4, 0.5) is 0 Å². The minimum absolute atomic E-state index is 0.105. The summed E-state index contributed by atoms with van der Waals surface area (Å²) < 4.78 is 12.5. The maximum Gasteiger partial charge on any atom is 0.125 e. The first kappa shape index (κ1) is 12.5. The van der Waals surface area contributed by atoms with E-state index in [2.05, 4.69) is 35.0 Å². The molecule has 2 unspecified atom stereocenters. The van der Waals surface area contributed by atoms with Gasteiger partial charge in [-0.2, -0.15) is 0 Å². The predicted octanol–water partition coefficient (Wildman–Crippen LogP) is 2.43. The average molecular weight is 312 g/mol. The lowest BCUT2D eigenvalue weighted by molar-refractivity contribution is 0.0953. The van der Waals surface area contributed by atoms with Gasteiger partial charge in [-0.25, -0.2) is 0 Å². The van der Waals surface area contributed by atoms with Crippen LogP contribution in [0.5, 0.6) is 5.75 Å². The second kappa shape index (κ2) is 4.51. The summed E-state index contributed by atoms with van der Waals surface area (Å²) >= 11 is 3.57. The zero-order chi connectivity index (χ0) is 12.8. The number of rotatable bonds is 2. The van der Waals surface area contributed by atoms with E-state index in [0.29, 0.717) is 0 Å². The largest absolute Gasteiger partial charge is 0.493 e. The van der Waals surface area contributed by atoms with Gasteiger partial charge in [-0.15, -0.1) is 0 Å². The molecule has 1 fully saturated rings. The number of nitrogens with two attached hydrogens (primary N) is 1. The molecule has 0 spiro atoms. The van der Waals surface area contributed by atoms with E-state index < -0.39 is 0 Å². The SMILES string of the molecule is CC1OCCC1(N)Cc1cc(Br)cc2c1OCC2. The molecule has 0 bridgehead atoms. The van der Waals surface area contributed by atoms with Gasteiger partial charge in [0.2, 0.25) is 0 Å². The van der Waals surface area contributed by atoms with Gasteiger partial charge in [0.05, 0.1) is 12.7 Å².